The lowest BCUT2D eigenvalue weighted by atomic mass is 10.00. The van der Waals surface area contributed by atoms with Gasteiger partial charge in [-0.3, -0.25) is 0 Å². The molecule has 0 heterocycles. The Labute approximate surface area is 140 Å². The van der Waals surface area contributed by atoms with Crippen molar-refractivity contribution in [2.45, 2.75) is 26.7 Å². The lowest BCUT2D eigenvalue weighted by Gasteiger charge is -2.10. The zero-order valence-electron chi connectivity index (χ0n) is 14.3. The number of hydrogen-bond donors (Lipinski definition) is 1. The highest BCUT2D eigenvalue weighted by Gasteiger charge is 2.02. The lowest BCUT2D eigenvalue weighted by molar-refractivity contribution is 0.866. The van der Waals surface area contributed by atoms with Crippen LogP contribution in [0, 0.1) is 0 Å². The minimum Gasteiger partial charge on any atom is -0.359 e. The van der Waals surface area contributed by atoms with Crippen molar-refractivity contribution < 1.29 is 0 Å². The molecule has 1 nitrogen and oxygen atoms in total. The van der Waals surface area contributed by atoms with Crippen molar-refractivity contribution in [2.24, 2.45) is 0 Å². The van der Waals surface area contributed by atoms with Crippen LogP contribution in [-0.2, 0) is 0 Å². The fourth-order valence-electron chi connectivity index (χ4n) is 2.40. The van der Waals surface area contributed by atoms with E-state index in [9.17, 15) is 0 Å². The molecule has 0 fully saturated rings. The third-order valence-corrected chi connectivity index (χ3v) is 3.69. The van der Waals surface area contributed by atoms with E-state index in [1.807, 2.05) is 13.0 Å². The van der Waals surface area contributed by atoms with Crippen molar-refractivity contribution in [3.8, 4) is 0 Å². The first-order chi connectivity index (χ1) is 11.0. The van der Waals surface area contributed by atoms with Crippen molar-refractivity contribution in [3.63, 3.8) is 0 Å². The summed E-state index contributed by atoms with van der Waals surface area (Å²) in [4.78, 5) is 0. The molecule has 0 unspecified atom stereocenters. The van der Waals surface area contributed by atoms with E-state index in [-0.39, 0.29) is 0 Å². The van der Waals surface area contributed by atoms with Gasteiger partial charge in [-0.05, 0) is 47.2 Å². The Kier molecular flexibility index (Phi) is 5.59. The number of hydrogen-bond acceptors (Lipinski definition) is 1. The fraction of sp³-hybridized carbons (Fsp3) is 0.182. The summed E-state index contributed by atoms with van der Waals surface area (Å²) >= 11 is 0. The highest BCUT2D eigenvalue weighted by Crippen LogP contribution is 2.23. The quantitative estimate of drug-likeness (QED) is 0.595. The maximum absolute atomic E-state index is 3.93. The van der Waals surface area contributed by atoms with Crippen LogP contribution in [0.2, 0.25) is 0 Å². The van der Waals surface area contributed by atoms with Gasteiger partial charge in [0, 0.05) is 11.4 Å². The normalized spacial score (nSPS) is 11.0. The van der Waals surface area contributed by atoms with Crippen LogP contribution in [-0.4, -0.2) is 0 Å². The molecule has 0 saturated heterocycles. The molecule has 1 N–H and O–H groups in total. The van der Waals surface area contributed by atoms with E-state index < -0.39 is 0 Å². The average Bonchev–Trinajstić information content (AvgIpc) is 2.53. The number of benzene rings is 2. The van der Waals surface area contributed by atoms with Gasteiger partial charge < -0.3 is 5.32 Å². The fourth-order valence-corrected chi connectivity index (χ4v) is 2.40. The maximum atomic E-state index is 3.93. The molecule has 0 saturated carbocycles. The Morgan fingerprint density at radius 1 is 1.04 bits per heavy atom. The number of allylic oxidation sites excluding steroid dienone is 1. The predicted octanol–water partition coefficient (Wildman–Crippen LogP) is 6.57. The molecule has 0 aliphatic carbocycles. The largest absolute Gasteiger partial charge is 0.359 e. The van der Waals surface area contributed by atoms with Crippen LogP contribution in [0.1, 0.15) is 48.9 Å². The van der Waals surface area contributed by atoms with E-state index in [4.69, 9.17) is 0 Å². The molecule has 2 aromatic carbocycles. The summed E-state index contributed by atoms with van der Waals surface area (Å²) in [6, 6.07) is 14.9. The molecule has 1 heteroatoms. The van der Waals surface area contributed by atoms with Crippen LogP contribution in [0.5, 0.6) is 0 Å². The first-order valence-electron chi connectivity index (χ1n) is 7.96. The second kappa shape index (κ2) is 7.64. The Hall–Kier alpha value is -2.54. The third kappa shape index (κ3) is 4.72. The second-order valence-electron chi connectivity index (χ2n) is 6.11. The van der Waals surface area contributed by atoms with Gasteiger partial charge in [0.15, 0.2) is 0 Å². The Balaban J connectivity index is 2.35. The molecule has 0 amide bonds. The van der Waals surface area contributed by atoms with Crippen LogP contribution < -0.4 is 5.32 Å². The van der Waals surface area contributed by atoms with E-state index in [0.717, 1.165) is 22.5 Å². The summed E-state index contributed by atoms with van der Waals surface area (Å²) in [7, 11) is 0. The summed E-state index contributed by atoms with van der Waals surface area (Å²) in [6.45, 7) is 14.2. The van der Waals surface area contributed by atoms with Crippen molar-refractivity contribution in [1.82, 2.24) is 0 Å². The van der Waals surface area contributed by atoms with Gasteiger partial charge in [-0.2, -0.15) is 0 Å². The predicted molar refractivity (Wildman–Crippen MR) is 104 cm³/mol. The summed E-state index contributed by atoms with van der Waals surface area (Å²) in [5, 5.41) is 3.31. The second-order valence-corrected chi connectivity index (χ2v) is 6.11. The van der Waals surface area contributed by atoms with Crippen molar-refractivity contribution >= 4 is 23.9 Å². The van der Waals surface area contributed by atoms with Gasteiger partial charge in [-0.15, -0.1) is 0 Å². The van der Waals surface area contributed by atoms with Crippen molar-refractivity contribution in [1.29, 1.82) is 0 Å². The van der Waals surface area contributed by atoms with Crippen LogP contribution in [0.25, 0.3) is 18.2 Å². The summed E-state index contributed by atoms with van der Waals surface area (Å²) in [5.41, 5.74) is 6.77. The summed E-state index contributed by atoms with van der Waals surface area (Å²) < 4.78 is 0. The molecular weight excluding hydrogens is 278 g/mol. The molecule has 118 valence electrons. The molecular formula is C22H25N. The van der Waals surface area contributed by atoms with E-state index in [1.54, 1.807) is 0 Å². The number of anilines is 1. The average molecular weight is 303 g/mol. The highest BCUT2D eigenvalue weighted by atomic mass is 14.9. The van der Waals surface area contributed by atoms with Gasteiger partial charge in [-0.1, -0.05) is 75.6 Å². The molecule has 0 atom stereocenters. The van der Waals surface area contributed by atoms with Gasteiger partial charge >= 0.3 is 0 Å². The molecule has 0 radical (unpaired) electrons. The van der Waals surface area contributed by atoms with E-state index in [0.29, 0.717) is 5.92 Å². The molecule has 0 spiro atoms. The van der Waals surface area contributed by atoms with E-state index in [1.165, 1.54) is 11.1 Å². The van der Waals surface area contributed by atoms with Gasteiger partial charge in [0.1, 0.15) is 0 Å². The van der Waals surface area contributed by atoms with Crippen LogP contribution in [0.3, 0.4) is 0 Å². The molecule has 0 aliphatic heterocycles. The topological polar surface area (TPSA) is 12.0 Å². The van der Waals surface area contributed by atoms with Crippen LogP contribution in [0.15, 0.2) is 61.3 Å². The number of rotatable bonds is 6. The molecule has 0 aromatic heterocycles. The molecule has 2 rings (SSSR count). The van der Waals surface area contributed by atoms with E-state index in [2.05, 4.69) is 86.9 Å². The van der Waals surface area contributed by atoms with E-state index >= 15 is 0 Å². The van der Waals surface area contributed by atoms with Crippen molar-refractivity contribution in [2.75, 3.05) is 5.32 Å². The van der Waals surface area contributed by atoms with Crippen LogP contribution >= 0.6 is 0 Å². The van der Waals surface area contributed by atoms with Gasteiger partial charge in [-0.25, -0.2) is 0 Å². The minimum absolute atomic E-state index is 0.535. The zero-order valence-corrected chi connectivity index (χ0v) is 14.3. The molecule has 23 heavy (non-hydrogen) atoms. The number of nitrogens with one attached hydrogen (secondary N) is 1. The first-order valence-corrected chi connectivity index (χ1v) is 7.96. The summed E-state index contributed by atoms with van der Waals surface area (Å²) in [5.74, 6) is 0.535. The molecule has 0 aliphatic rings. The highest BCUT2D eigenvalue weighted by molar-refractivity contribution is 5.79. The lowest BCUT2D eigenvalue weighted by Crippen LogP contribution is -1.96. The van der Waals surface area contributed by atoms with Crippen LogP contribution in [0.4, 0.5) is 5.69 Å². The van der Waals surface area contributed by atoms with Crippen molar-refractivity contribution in [3.05, 3.63) is 83.6 Å². The smallest absolute Gasteiger partial charge is 0.0455 e. The van der Waals surface area contributed by atoms with Gasteiger partial charge in [0.05, 0.1) is 0 Å². The SMILES string of the molecule is C=Cc1ccc(NC(=C)C)c(/C=C/c2cccc(C(C)C)c2)c1. The maximum Gasteiger partial charge on any atom is 0.0455 e. The molecule has 2 aromatic rings. The minimum atomic E-state index is 0.535. The van der Waals surface area contributed by atoms with Gasteiger partial charge in [0.2, 0.25) is 0 Å². The summed E-state index contributed by atoms with van der Waals surface area (Å²) in [6.07, 6.45) is 6.15. The Morgan fingerprint density at radius 3 is 2.48 bits per heavy atom. The Morgan fingerprint density at radius 2 is 1.83 bits per heavy atom. The third-order valence-electron chi connectivity index (χ3n) is 3.69. The standard InChI is InChI=1S/C22H25N/c1-6-18-11-13-22(23-17(4)5)21(14-18)12-10-19-8-7-9-20(15-19)16(2)3/h6-16,23H,1,4H2,2-3,5H3/b12-10+. The monoisotopic (exact) mass is 303 g/mol. The van der Waals surface area contributed by atoms with Gasteiger partial charge in [0.25, 0.3) is 0 Å². The Bertz CT molecular complexity index is 735. The molecule has 0 bridgehead atoms. The first kappa shape index (κ1) is 16.8. The zero-order chi connectivity index (χ0) is 16.8.